The smallest absolute Gasteiger partial charge is 0.410 e. The number of aromatic nitrogens is 2. The molecular formula is C17H26F2N4O2. The lowest BCUT2D eigenvalue weighted by Gasteiger charge is -2.34. The minimum Gasteiger partial charge on any atom is -0.444 e. The molecule has 8 heteroatoms. The molecule has 1 saturated heterocycles. The van der Waals surface area contributed by atoms with E-state index in [0.717, 1.165) is 0 Å². The van der Waals surface area contributed by atoms with Crippen molar-refractivity contribution in [3.63, 3.8) is 0 Å². The minimum atomic E-state index is -3.16. The van der Waals surface area contributed by atoms with Gasteiger partial charge in [0.1, 0.15) is 11.4 Å². The van der Waals surface area contributed by atoms with Gasteiger partial charge in [-0.3, -0.25) is 0 Å². The largest absolute Gasteiger partial charge is 0.444 e. The van der Waals surface area contributed by atoms with Crippen LogP contribution in [0.15, 0.2) is 6.20 Å². The van der Waals surface area contributed by atoms with Gasteiger partial charge < -0.3 is 15.4 Å². The van der Waals surface area contributed by atoms with Gasteiger partial charge in [0.25, 0.3) is 5.92 Å². The number of amides is 1. The quantitative estimate of drug-likeness (QED) is 0.900. The van der Waals surface area contributed by atoms with Crippen molar-refractivity contribution in [3.05, 3.63) is 23.3 Å². The van der Waals surface area contributed by atoms with Gasteiger partial charge in [-0.2, -0.15) is 8.78 Å². The summed E-state index contributed by atoms with van der Waals surface area (Å²) in [6, 6.07) is 0. The first-order valence-corrected chi connectivity index (χ1v) is 8.43. The fourth-order valence-corrected chi connectivity index (χ4v) is 2.85. The number of nitrogens with two attached hydrogens (primary N) is 1. The van der Waals surface area contributed by atoms with Gasteiger partial charge in [0.15, 0.2) is 0 Å². The second kappa shape index (κ2) is 7.19. The van der Waals surface area contributed by atoms with Crippen molar-refractivity contribution in [2.24, 2.45) is 5.73 Å². The average molecular weight is 356 g/mol. The second-order valence-corrected chi connectivity index (χ2v) is 7.37. The molecule has 1 aliphatic rings. The Labute approximate surface area is 146 Å². The van der Waals surface area contributed by atoms with Crippen LogP contribution >= 0.6 is 0 Å². The summed E-state index contributed by atoms with van der Waals surface area (Å²) >= 11 is 0. The Morgan fingerprint density at radius 3 is 2.48 bits per heavy atom. The van der Waals surface area contributed by atoms with Crippen molar-refractivity contribution in [2.75, 3.05) is 19.6 Å². The van der Waals surface area contributed by atoms with E-state index in [1.807, 2.05) is 20.8 Å². The molecule has 0 saturated carbocycles. The zero-order chi connectivity index (χ0) is 18.8. The molecule has 0 spiro atoms. The summed E-state index contributed by atoms with van der Waals surface area (Å²) in [6.45, 7) is 7.19. The van der Waals surface area contributed by atoms with E-state index >= 15 is 0 Å². The average Bonchev–Trinajstić information content (AvgIpc) is 2.53. The third-order valence-corrected chi connectivity index (χ3v) is 4.12. The van der Waals surface area contributed by atoms with Crippen LogP contribution in [0, 0.1) is 6.92 Å². The van der Waals surface area contributed by atoms with Crippen molar-refractivity contribution in [1.29, 1.82) is 0 Å². The Morgan fingerprint density at radius 2 is 1.96 bits per heavy atom. The third-order valence-electron chi connectivity index (χ3n) is 4.12. The second-order valence-electron chi connectivity index (χ2n) is 7.37. The van der Waals surface area contributed by atoms with E-state index in [4.69, 9.17) is 10.5 Å². The van der Waals surface area contributed by atoms with Crippen LogP contribution in [0.3, 0.4) is 0 Å². The van der Waals surface area contributed by atoms with Gasteiger partial charge in [-0.05, 0) is 40.5 Å². The van der Waals surface area contributed by atoms with Crippen LogP contribution in [-0.2, 0) is 10.7 Å². The Morgan fingerprint density at radius 1 is 1.36 bits per heavy atom. The summed E-state index contributed by atoms with van der Waals surface area (Å²) in [5.41, 5.74) is 4.79. The molecule has 2 heterocycles. The maximum atomic E-state index is 14.1. The van der Waals surface area contributed by atoms with Gasteiger partial charge in [0.2, 0.25) is 0 Å². The Balaban J connectivity index is 2.13. The molecule has 2 N–H and O–H groups in total. The molecule has 1 aromatic rings. The lowest BCUT2D eigenvalue weighted by atomic mass is 9.89. The van der Waals surface area contributed by atoms with Crippen molar-refractivity contribution in [2.45, 2.75) is 58.0 Å². The molecule has 0 bridgehead atoms. The van der Waals surface area contributed by atoms with Gasteiger partial charge in [0, 0.05) is 25.2 Å². The lowest BCUT2D eigenvalue weighted by Crippen LogP contribution is -2.41. The van der Waals surface area contributed by atoms with E-state index in [-0.39, 0.29) is 17.6 Å². The Kier molecular flexibility index (Phi) is 5.61. The highest BCUT2D eigenvalue weighted by Gasteiger charge is 2.37. The molecule has 25 heavy (non-hydrogen) atoms. The lowest BCUT2D eigenvalue weighted by molar-refractivity contribution is 0.00258. The maximum absolute atomic E-state index is 14.1. The molecule has 140 valence electrons. The van der Waals surface area contributed by atoms with Crippen LogP contribution in [0.4, 0.5) is 13.6 Å². The standard InChI is InChI=1S/C17H26F2N4O2/c1-11-21-9-13(17(18,19)10-20)14(22-11)12-5-7-23(8-6-12)15(24)25-16(2,3)4/h9,12H,5-8,10,20H2,1-4H3. The van der Waals surface area contributed by atoms with Crippen molar-refractivity contribution in [1.82, 2.24) is 14.9 Å². The Hall–Kier alpha value is -1.83. The molecule has 1 aromatic heterocycles. The number of carbonyl (C=O) groups is 1. The minimum absolute atomic E-state index is 0.159. The number of aryl methyl sites for hydroxylation is 1. The van der Waals surface area contributed by atoms with Gasteiger partial charge in [-0.25, -0.2) is 14.8 Å². The number of nitrogens with zero attached hydrogens (tertiary/aromatic N) is 3. The van der Waals surface area contributed by atoms with Crippen LogP contribution in [0.1, 0.15) is 56.6 Å². The molecule has 1 fully saturated rings. The molecule has 0 aliphatic carbocycles. The Bertz CT molecular complexity index is 624. The van der Waals surface area contributed by atoms with Gasteiger partial charge >= 0.3 is 6.09 Å². The number of hydrogen-bond donors (Lipinski definition) is 1. The SMILES string of the molecule is Cc1ncc(C(F)(F)CN)c(C2CCN(C(=O)OC(C)(C)C)CC2)n1. The molecule has 0 unspecified atom stereocenters. The van der Waals surface area contributed by atoms with Crippen molar-refractivity contribution >= 4 is 6.09 Å². The molecule has 1 aliphatic heterocycles. The zero-order valence-corrected chi connectivity index (χ0v) is 15.2. The van der Waals surface area contributed by atoms with E-state index < -0.39 is 18.1 Å². The van der Waals surface area contributed by atoms with Crippen LogP contribution in [-0.4, -0.2) is 46.2 Å². The normalized spacial score (nSPS) is 16.8. The highest BCUT2D eigenvalue weighted by atomic mass is 19.3. The monoisotopic (exact) mass is 356 g/mol. The van der Waals surface area contributed by atoms with Crippen LogP contribution in [0.2, 0.25) is 0 Å². The molecule has 0 aromatic carbocycles. The fourth-order valence-electron chi connectivity index (χ4n) is 2.85. The van der Waals surface area contributed by atoms with E-state index in [9.17, 15) is 13.6 Å². The number of halogens is 2. The number of piperidine rings is 1. The molecule has 2 rings (SSSR count). The summed E-state index contributed by atoms with van der Waals surface area (Å²) in [5, 5.41) is 0. The maximum Gasteiger partial charge on any atom is 0.410 e. The summed E-state index contributed by atoms with van der Waals surface area (Å²) < 4.78 is 33.6. The highest BCUT2D eigenvalue weighted by Crippen LogP contribution is 2.36. The van der Waals surface area contributed by atoms with E-state index in [2.05, 4.69) is 9.97 Å². The van der Waals surface area contributed by atoms with Crippen LogP contribution < -0.4 is 5.73 Å². The first-order chi connectivity index (χ1) is 11.5. The number of carbonyl (C=O) groups excluding carboxylic acids is 1. The number of likely N-dealkylation sites (tertiary alicyclic amines) is 1. The molecular weight excluding hydrogens is 330 g/mol. The zero-order valence-electron chi connectivity index (χ0n) is 15.2. The number of hydrogen-bond acceptors (Lipinski definition) is 5. The van der Waals surface area contributed by atoms with E-state index in [0.29, 0.717) is 37.4 Å². The van der Waals surface area contributed by atoms with Crippen LogP contribution in [0.25, 0.3) is 0 Å². The van der Waals surface area contributed by atoms with E-state index in [1.54, 1.807) is 11.8 Å². The predicted molar refractivity (Wildman–Crippen MR) is 89.5 cm³/mol. The van der Waals surface area contributed by atoms with Crippen molar-refractivity contribution < 1.29 is 18.3 Å². The third kappa shape index (κ3) is 4.84. The summed E-state index contributed by atoms with van der Waals surface area (Å²) in [7, 11) is 0. The molecule has 1 amide bonds. The predicted octanol–water partition coefficient (Wildman–Crippen LogP) is 2.95. The first-order valence-electron chi connectivity index (χ1n) is 8.43. The summed E-state index contributed by atoms with van der Waals surface area (Å²) in [6.07, 6.45) is 1.88. The number of alkyl halides is 2. The van der Waals surface area contributed by atoms with Crippen molar-refractivity contribution in [3.8, 4) is 0 Å². The van der Waals surface area contributed by atoms with Gasteiger partial charge in [0.05, 0.1) is 17.8 Å². The topological polar surface area (TPSA) is 81.3 Å². The molecule has 0 atom stereocenters. The first kappa shape index (κ1) is 19.5. The van der Waals surface area contributed by atoms with Gasteiger partial charge in [-0.15, -0.1) is 0 Å². The van der Waals surface area contributed by atoms with E-state index in [1.165, 1.54) is 6.20 Å². The van der Waals surface area contributed by atoms with Gasteiger partial charge in [-0.1, -0.05) is 0 Å². The fraction of sp³-hybridized carbons (Fsp3) is 0.706. The summed E-state index contributed by atoms with van der Waals surface area (Å²) in [5.74, 6) is -2.88. The molecule has 6 nitrogen and oxygen atoms in total. The van der Waals surface area contributed by atoms with Crippen LogP contribution in [0.5, 0.6) is 0 Å². The number of ether oxygens (including phenoxy) is 1. The number of rotatable bonds is 3. The molecule has 0 radical (unpaired) electrons. The summed E-state index contributed by atoms with van der Waals surface area (Å²) in [4.78, 5) is 21.9. The highest BCUT2D eigenvalue weighted by molar-refractivity contribution is 5.68.